The van der Waals surface area contributed by atoms with Crippen molar-refractivity contribution >= 4 is 17.3 Å². The van der Waals surface area contributed by atoms with Gasteiger partial charge in [-0.2, -0.15) is 4.74 Å². The molecule has 1 aliphatic rings. The lowest BCUT2D eigenvalue weighted by molar-refractivity contribution is -0.595. The zero-order valence-electron chi connectivity index (χ0n) is 12.4. The van der Waals surface area contributed by atoms with E-state index in [1.54, 1.807) is 31.2 Å². The molecule has 0 spiro atoms. The molecule has 0 saturated heterocycles. The Morgan fingerprint density at radius 3 is 2.32 bits per heavy atom. The Morgan fingerprint density at radius 1 is 1.14 bits per heavy atom. The molecule has 2 aromatic rings. The maximum atomic E-state index is 13.0. The Morgan fingerprint density at radius 2 is 1.73 bits per heavy atom. The molecular weight excluding hydrogens is 300 g/mol. The van der Waals surface area contributed by atoms with Gasteiger partial charge >= 0.3 is 0 Å². The molecule has 22 heavy (non-hydrogen) atoms. The Hall–Kier alpha value is -1.88. The van der Waals surface area contributed by atoms with Crippen molar-refractivity contribution in [3.63, 3.8) is 0 Å². The smallest absolute Gasteiger partial charge is 0.274 e. The molecular formula is C17H17ClN2O2. The van der Waals surface area contributed by atoms with Crippen molar-refractivity contribution in [1.82, 2.24) is 5.06 Å². The van der Waals surface area contributed by atoms with Gasteiger partial charge in [-0.15, -0.1) is 5.06 Å². The van der Waals surface area contributed by atoms with Crippen LogP contribution in [-0.4, -0.2) is 26.8 Å². The van der Waals surface area contributed by atoms with E-state index in [-0.39, 0.29) is 0 Å². The molecule has 1 heterocycles. The molecule has 0 saturated carbocycles. The van der Waals surface area contributed by atoms with Crippen LogP contribution < -0.4 is 0 Å². The molecule has 114 valence electrons. The largest absolute Gasteiger partial charge is 0.622 e. The Bertz CT molecular complexity index is 715. The second kappa shape index (κ2) is 5.39. The third-order valence-corrected chi connectivity index (χ3v) is 4.54. The molecule has 0 aromatic heterocycles. The fourth-order valence-corrected chi connectivity index (χ4v) is 3.10. The van der Waals surface area contributed by atoms with E-state index in [1.165, 1.54) is 0 Å². The minimum atomic E-state index is -1.16. The van der Waals surface area contributed by atoms with Crippen LogP contribution in [0.25, 0.3) is 0 Å². The summed E-state index contributed by atoms with van der Waals surface area (Å²) < 4.78 is 0.885. The highest BCUT2D eigenvalue weighted by Crippen LogP contribution is 2.36. The van der Waals surface area contributed by atoms with Crippen LogP contribution in [0, 0.1) is 5.21 Å². The Balaban J connectivity index is 2.16. The summed E-state index contributed by atoms with van der Waals surface area (Å²) in [6, 6.07) is 15.9. The summed E-state index contributed by atoms with van der Waals surface area (Å²) in [5.41, 5.74) is 0.856. The zero-order valence-corrected chi connectivity index (χ0v) is 13.2. The third kappa shape index (κ3) is 2.11. The lowest BCUT2D eigenvalue weighted by Crippen LogP contribution is -2.45. The Labute approximate surface area is 134 Å². The average molecular weight is 317 g/mol. The predicted octanol–water partition coefficient (Wildman–Crippen LogP) is 3.61. The molecule has 2 atom stereocenters. The van der Waals surface area contributed by atoms with E-state index in [4.69, 9.17) is 11.6 Å². The van der Waals surface area contributed by atoms with Gasteiger partial charge < -0.3 is 10.4 Å². The molecule has 0 aliphatic carbocycles. The van der Waals surface area contributed by atoms with Crippen molar-refractivity contribution in [3.8, 4) is 0 Å². The van der Waals surface area contributed by atoms with Crippen molar-refractivity contribution in [2.24, 2.45) is 0 Å². The molecule has 1 N–H and O–H groups in total. The average Bonchev–Trinajstić information content (AvgIpc) is 2.71. The minimum absolute atomic E-state index is 0.427. The lowest BCUT2D eigenvalue weighted by Gasteiger charge is -2.29. The number of halogens is 1. The summed E-state index contributed by atoms with van der Waals surface area (Å²) >= 11 is 5.91. The van der Waals surface area contributed by atoms with Crippen LogP contribution in [0.1, 0.15) is 25.0 Å². The number of nitrogens with zero attached hydrogens (tertiary/aromatic N) is 2. The van der Waals surface area contributed by atoms with Gasteiger partial charge in [-0.25, -0.2) is 0 Å². The predicted molar refractivity (Wildman–Crippen MR) is 86.1 cm³/mol. The van der Waals surface area contributed by atoms with E-state index in [1.807, 2.05) is 37.3 Å². The van der Waals surface area contributed by atoms with Gasteiger partial charge in [-0.3, -0.25) is 0 Å². The van der Waals surface area contributed by atoms with Gasteiger partial charge in [0.25, 0.3) is 5.66 Å². The van der Waals surface area contributed by atoms with Crippen LogP contribution in [-0.2, 0) is 5.66 Å². The highest BCUT2D eigenvalue weighted by atomic mass is 35.5. The fraction of sp³-hybridized carbons (Fsp3) is 0.235. The van der Waals surface area contributed by atoms with E-state index in [9.17, 15) is 10.4 Å². The first kappa shape index (κ1) is 15.0. The topological polar surface area (TPSA) is 49.5 Å². The van der Waals surface area contributed by atoms with Gasteiger partial charge in [-0.1, -0.05) is 41.9 Å². The van der Waals surface area contributed by atoms with Crippen LogP contribution in [0.2, 0.25) is 5.02 Å². The van der Waals surface area contributed by atoms with Crippen molar-refractivity contribution in [3.05, 3.63) is 76.0 Å². The first-order valence-corrected chi connectivity index (χ1v) is 7.48. The van der Waals surface area contributed by atoms with Gasteiger partial charge in [0.1, 0.15) is 6.04 Å². The van der Waals surface area contributed by atoms with E-state index in [2.05, 4.69) is 0 Å². The minimum Gasteiger partial charge on any atom is -0.622 e. The monoisotopic (exact) mass is 316 g/mol. The van der Waals surface area contributed by atoms with Crippen molar-refractivity contribution in [2.45, 2.75) is 25.6 Å². The molecule has 0 bridgehead atoms. The van der Waals surface area contributed by atoms with Gasteiger partial charge in [0.05, 0.1) is 0 Å². The Kier molecular flexibility index (Phi) is 3.68. The molecule has 2 aromatic carbocycles. The highest BCUT2D eigenvalue weighted by Gasteiger charge is 2.54. The number of hydroxylamine groups is 3. The van der Waals surface area contributed by atoms with Gasteiger partial charge in [0, 0.05) is 23.1 Å². The van der Waals surface area contributed by atoms with E-state index in [0.717, 1.165) is 20.9 Å². The molecule has 0 radical (unpaired) electrons. The second-order valence-electron chi connectivity index (χ2n) is 5.59. The van der Waals surface area contributed by atoms with Crippen LogP contribution >= 0.6 is 11.6 Å². The quantitative estimate of drug-likeness (QED) is 0.680. The van der Waals surface area contributed by atoms with Crippen LogP contribution in [0.4, 0.5) is 0 Å². The molecule has 0 fully saturated rings. The summed E-state index contributed by atoms with van der Waals surface area (Å²) in [4.78, 5) is 0. The molecule has 4 nitrogen and oxygen atoms in total. The van der Waals surface area contributed by atoms with Crippen LogP contribution in [0.15, 0.2) is 54.6 Å². The van der Waals surface area contributed by atoms with Crippen LogP contribution in [0.3, 0.4) is 0 Å². The maximum absolute atomic E-state index is 13.0. The van der Waals surface area contributed by atoms with E-state index < -0.39 is 11.7 Å². The lowest BCUT2D eigenvalue weighted by atomic mass is 10.0. The third-order valence-electron chi connectivity index (χ3n) is 4.28. The molecule has 0 amide bonds. The van der Waals surface area contributed by atoms with Crippen molar-refractivity contribution in [1.29, 1.82) is 0 Å². The second-order valence-corrected chi connectivity index (χ2v) is 6.03. The first-order valence-electron chi connectivity index (χ1n) is 7.10. The molecule has 1 aliphatic heterocycles. The standard InChI is InChI=1S/C17H17ClN2O2/c1-12-16(13-8-10-15(18)11-9-13)20(22)17(2,19(12)21)14-6-4-3-5-7-14/h3-12,21H,1-2H3/t12-,17+/m1/s1. The summed E-state index contributed by atoms with van der Waals surface area (Å²) in [6.45, 7) is 3.53. The normalized spacial score (nSPS) is 25.7. The number of rotatable bonds is 2. The van der Waals surface area contributed by atoms with E-state index >= 15 is 0 Å². The van der Waals surface area contributed by atoms with Gasteiger partial charge in [0.2, 0.25) is 5.71 Å². The summed E-state index contributed by atoms with van der Waals surface area (Å²) in [6.07, 6.45) is 0. The van der Waals surface area contributed by atoms with Crippen LogP contribution in [0.5, 0.6) is 0 Å². The van der Waals surface area contributed by atoms with Crippen molar-refractivity contribution < 1.29 is 9.95 Å². The molecule has 3 rings (SSSR count). The number of hydrogen-bond acceptors (Lipinski definition) is 3. The molecule has 5 heteroatoms. The first-order chi connectivity index (χ1) is 10.5. The molecule has 0 unspecified atom stereocenters. The van der Waals surface area contributed by atoms with Crippen molar-refractivity contribution in [2.75, 3.05) is 0 Å². The summed E-state index contributed by atoms with van der Waals surface area (Å²) in [5, 5.41) is 25.3. The van der Waals surface area contributed by atoms with Gasteiger partial charge in [0.15, 0.2) is 0 Å². The van der Waals surface area contributed by atoms with E-state index in [0.29, 0.717) is 10.7 Å². The summed E-state index contributed by atoms with van der Waals surface area (Å²) in [7, 11) is 0. The fourth-order valence-electron chi connectivity index (χ4n) is 2.97. The number of hydrogen-bond donors (Lipinski definition) is 1. The number of benzene rings is 2. The zero-order chi connectivity index (χ0) is 15.9. The van der Waals surface area contributed by atoms with Gasteiger partial charge in [-0.05, 0) is 31.2 Å². The maximum Gasteiger partial charge on any atom is 0.274 e. The SMILES string of the molecule is C[C@@H]1C(c2ccc(Cl)cc2)=[N+]([O-])[C@@](C)(c2ccccc2)N1O. The highest BCUT2D eigenvalue weighted by molar-refractivity contribution is 6.30. The summed E-state index contributed by atoms with van der Waals surface area (Å²) in [5.74, 6) is 0.